The van der Waals surface area contributed by atoms with Gasteiger partial charge >= 0.3 is 0 Å². The Morgan fingerprint density at radius 2 is 1.43 bits per heavy atom. The quantitative estimate of drug-likeness (QED) is 0.444. The summed E-state index contributed by atoms with van der Waals surface area (Å²) < 4.78 is 11.0. The molecule has 0 aliphatic rings. The van der Waals surface area contributed by atoms with Crippen molar-refractivity contribution in [2.75, 3.05) is 13.7 Å². The second-order valence-corrected chi connectivity index (χ2v) is 8.22. The lowest BCUT2D eigenvalue weighted by Crippen LogP contribution is -2.17. The molecule has 0 spiro atoms. The lowest BCUT2D eigenvalue weighted by atomic mass is 9.88. The highest BCUT2D eigenvalue weighted by Gasteiger charge is 2.13. The first kappa shape index (κ1) is 22.3. The highest BCUT2D eigenvalue weighted by Crippen LogP contribution is 2.28. The van der Waals surface area contributed by atoms with Gasteiger partial charge in [0.1, 0.15) is 11.5 Å². The summed E-state index contributed by atoms with van der Waals surface area (Å²) in [5, 5.41) is 3.60. The minimum atomic E-state index is 0.213. The second kappa shape index (κ2) is 11.8. The van der Waals surface area contributed by atoms with E-state index in [0.29, 0.717) is 5.92 Å². The van der Waals surface area contributed by atoms with Gasteiger partial charge in [-0.05, 0) is 80.5 Å². The Bertz CT molecular complexity index is 662. The number of methoxy groups -OCH3 is 1. The van der Waals surface area contributed by atoms with Gasteiger partial charge in [0.05, 0.1) is 13.2 Å². The highest BCUT2D eigenvalue weighted by atomic mass is 16.5. The number of hydrogen-bond donors (Lipinski definition) is 1. The average Bonchev–Trinajstić information content (AvgIpc) is 2.68. The molecule has 0 bridgehead atoms. The summed E-state index contributed by atoms with van der Waals surface area (Å²) in [5.74, 6) is 3.18. The molecule has 0 radical (unpaired) electrons. The fourth-order valence-electron chi connectivity index (χ4n) is 3.36. The third-order valence-electron chi connectivity index (χ3n) is 4.97. The molecule has 0 saturated heterocycles. The molecule has 3 heteroatoms. The first-order chi connectivity index (χ1) is 13.5. The van der Waals surface area contributed by atoms with Gasteiger partial charge in [0, 0.05) is 6.54 Å². The molecule has 0 aliphatic heterocycles. The third kappa shape index (κ3) is 7.93. The summed E-state index contributed by atoms with van der Waals surface area (Å²) in [7, 11) is 1.70. The lowest BCUT2D eigenvalue weighted by molar-refractivity contribution is 0.242. The standard InChI is InChI=1S/C25H37NO2/c1-19(2)6-9-23(22-10-14-25(15-11-22)28-20(3)4)16-17-26-18-21-7-12-24(27-5)13-8-21/h7-8,10-15,19-20,23,26H,6,9,16-18H2,1-5H3. The minimum Gasteiger partial charge on any atom is -0.497 e. The Morgan fingerprint density at radius 3 is 2.00 bits per heavy atom. The van der Waals surface area contributed by atoms with Gasteiger partial charge in [-0.3, -0.25) is 0 Å². The fraction of sp³-hybridized carbons (Fsp3) is 0.520. The highest BCUT2D eigenvalue weighted by molar-refractivity contribution is 5.30. The Morgan fingerprint density at radius 1 is 0.786 bits per heavy atom. The van der Waals surface area contributed by atoms with Gasteiger partial charge in [0.2, 0.25) is 0 Å². The maximum atomic E-state index is 5.79. The minimum absolute atomic E-state index is 0.213. The Labute approximate surface area is 171 Å². The van der Waals surface area contributed by atoms with E-state index >= 15 is 0 Å². The zero-order valence-corrected chi connectivity index (χ0v) is 18.2. The lowest BCUT2D eigenvalue weighted by Gasteiger charge is -2.20. The van der Waals surface area contributed by atoms with Gasteiger partial charge in [-0.2, -0.15) is 0 Å². The van der Waals surface area contributed by atoms with Gasteiger partial charge in [0.15, 0.2) is 0 Å². The van der Waals surface area contributed by atoms with Crippen LogP contribution in [0.5, 0.6) is 11.5 Å². The molecule has 0 saturated carbocycles. The maximum absolute atomic E-state index is 5.79. The van der Waals surface area contributed by atoms with Crippen molar-refractivity contribution in [2.24, 2.45) is 5.92 Å². The van der Waals surface area contributed by atoms with Crippen molar-refractivity contribution >= 4 is 0 Å². The summed E-state index contributed by atoms with van der Waals surface area (Å²) in [6.07, 6.45) is 3.84. The number of ether oxygens (including phenoxy) is 2. The van der Waals surface area contributed by atoms with Crippen LogP contribution in [-0.2, 0) is 6.54 Å². The first-order valence-electron chi connectivity index (χ1n) is 10.6. The van der Waals surface area contributed by atoms with E-state index < -0.39 is 0 Å². The number of nitrogens with one attached hydrogen (secondary N) is 1. The van der Waals surface area contributed by atoms with E-state index in [4.69, 9.17) is 9.47 Å². The molecule has 0 heterocycles. The third-order valence-corrected chi connectivity index (χ3v) is 4.97. The monoisotopic (exact) mass is 383 g/mol. The molecule has 2 aromatic rings. The summed E-state index contributed by atoms with van der Waals surface area (Å²) in [6, 6.07) is 17.0. The average molecular weight is 384 g/mol. The molecular weight excluding hydrogens is 346 g/mol. The summed E-state index contributed by atoms with van der Waals surface area (Å²) in [6.45, 7) is 10.6. The van der Waals surface area contributed by atoms with Crippen molar-refractivity contribution in [3.63, 3.8) is 0 Å². The Kier molecular flexibility index (Phi) is 9.36. The van der Waals surface area contributed by atoms with Crippen LogP contribution in [0.3, 0.4) is 0 Å². The topological polar surface area (TPSA) is 30.5 Å². The Balaban J connectivity index is 1.88. The van der Waals surface area contributed by atoms with Crippen molar-refractivity contribution in [3.05, 3.63) is 59.7 Å². The van der Waals surface area contributed by atoms with Crippen molar-refractivity contribution in [1.29, 1.82) is 0 Å². The van der Waals surface area contributed by atoms with E-state index in [0.717, 1.165) is 36.9 Å². The van der Waals surface area contributed by atoms with Crippen LogP contribution < -0.4 is 14.8 Å². The van der Waals surface area contributed by atoms with Gasteiger partial charge in [-0.25, -0.2) is 0 Å². The number of benzene rings is 2. The first-order valence-corrected chi connectivity index (χ1v) is 10.6. The van der Waals surface area contributed by atoms with E-state index in [-0.39, 0.29) is 6.10 Å². The van der Waals surface area contributed by atoms with Crippen molar-refractivity contribution in [1.82, 2.24) is 5.32 Å². The molecule has 2 aromatic carbocycles. The molecule has 3 nitrogen and oxygen atoms in total. The normalized spacial score (nSPS) is 12.4. The van der Waals surface area contributed by atoms with E-state index in [9.17, 15) is 0 Å². The second-order valence-electron chi connectivity index (χ2n) is 8.22. The molecule has 0 aromatic heterocycles. The van der Waals surface area contributed by atoms with Gasteiger partial charge < -0.3 is 14.8 Å². The predicted molar refractivity (Wildman–Crippen MR) is 118 cm³/mol. The fourth-order valence-corrected chi connectivity index (χ4v) is 3.36. The van der Waals surface area contributed by atoms with Crippen LogP contribution in [-0.4, -0.2) is 19.8 Å². The van der Waals surface area contributed by atoms with Crippen molar-refractivity contribution in [3.8, 4) is 11.5 Å². The van der Waals surface area contributed by atoms with Crippen LogP contribution in [0.1, 0.15) is 64.0 Å². The van der Waals surface area contributed by atoms with Crippen LogP contribution in [0, 0.1) is 5.92 Å². The molecular formula is C25H37NO2. The summed E-state index contributed by atoms with van der Waals surface area (Å²) in [5.41, 5.74) is 2.71. The summed E-state index contributed by atoms with van der Waals surface area (Å²) in [4.78, 5) is 0. The van der Waals surface area contributed by atoms with Crippen molar-refractivity contribution < 1.29 is 9.47 Å². The maximum Gasteiger partial charge on any atom is 0.119 e. The SMILES string of the molecule is COc1ccc(CNCCC(CCC(C)C)c2ccc(OC(C)C)cc2)cc1. The number of hydrogen-bond acceptors (Lipinski definition) is 3. The smallest absolute Gasteiger partial charge is 0.119 e. The van der Waals surface area contributed by atoms with Crippen LogP contribution >= 0.6 is 0 Å². The molecule has 0 amide bonds. The molecule has 1 N–H and O–H groups in total. The Hall–Kier alpha value is -2.00. The van der Waals surface area contributed by atoms with Crippen LogP contribution in [0.4, 0.5) is 0 Å². The van der Waals surface area contributed by atoms with Crippen molar-refractivity contribution in [2.45, 2.75) is 65.5 Å². The van der Waals surface area contributed by atoms with E-state index in [1.54, 1.807) is 7.11 Å². The van der Waals surface area contributed by atoms with Gasteiger partial charge in [0.25, 0.3) is 0 Å². The molecule has 1 unspecified atom stereocenters. The molecule has 0 aliphatic carbocycles. The van der Waals surface area contributed by atoms with E-state index in [1.807, 2.05) is 12.1 Å². The van der Waals surface area contributed by atoms with Crippen LogP contribution in [0.2, 0.25) is 0 Å². The van der Waals surface area contributed by atoms with E-state index in [2.05, 4.69) is 69.4 Å². The molecule has 1 atom stereocenters. The molecule has 0 fully saturated rings. The van der Waals surface area contributed by atoms with Crippen LogP contribution in [0.25, 0.3) is 0 Å². The van der Waals surface area contributed by atoms with Gasteiger partial charge in [-0.1, -0.05) is 44.5 Å². The largest absolute Gasteiger partial charge is 0.497 e. The van der Waals surface area contributed by atoms with E-state index in [1.165, 1.54) is 24.0 Å². The zero-order valence-electron chi connectivity index (χ0n) is 18.2. The van der Waals surface area contributed by atoms with Gasteiger partial charge in [-0.15, -0.1) is 0 Å². The summed E-state index contributed by atoms with van der Waals surface area (Å²) >= 11 is 0. The molecule has 28 heavy (non-hydrogen) atoms. The number of rotatable bonds is 12. The predicted octanol–water partition coefficient (Wildman–Crippen LogP) is 6.18. The van der Waals surface area contributed by atoms with Crippen LogP contribution in [0.15, 0.2) is 48.5 Å². The zero-order chi connectivity index (χ0) is 20.4. The molecule has 2 rings (SSSR count). The molecule has 154 valence electrons.